The average molecular weight is 205 g/mol. The minimum atomic E-state index is -1.01. The SMILES string of the molecule is CCCSCC(=O)N[C@@H](C)C(=O)O. The Bertz CT molecular complexity index is 184. The lowest BCUT2D eigenvalue weighted by Gasteiger charge is -2.08. The maximum atomic E-state index is 11.0. The molecule has 4 nitrogen and oxygen atoms in total. The van der Waals surface area contributed by atoms with Crippen LogP contribution in [-0.4, -0.2) is 34.5 Å². The zero-order chi connectivity index (χ0) is 10.3. The fraction of sp³-hybridized carbons (Fsp3) is 0.750. The van der Waals surface area contributed by atoms with Crippen molar-refractivity contribution in [1.29, 1.82) is 0 Å². The molecule has 0 spiro atoms. The summed E-state index contributed by atoms with van der Waals surface area (Å²) in [7, 11) is 0. The van der Waals surface area contributed by atoms with Crippen LogP contribution in [0.15, 0.2) is 0 Å². The van der Waals surface area contributed by atoms with Gasteiger partial charge in [0.2, 0.25) is 5.91 Å². The van der Waals surface area contributed by atoms with Crippen molar-refractivity contribution in [2.24, 2.45) is 0 Å². The third kappa shape index (κ3) is 6.45. The Balaban J connectivity index is 3.56. The Morgan fingerprint density at radius 2 is 2.15 bits per heavy atom. The van der Waals surface area contributed by atoms with E-state index in [-0.39, 0.29) is 5.91 Å². The van der Waals surface area contributed by atoms with Crippen LogP contribution in [0.25, 0.3) is 0 Å². The van der Waals surface area contributed by atoms with Crippen LogP contribution in [0.2, 0.25) is 0 Å². The van der Waals surface area contributed by atoms with Crippen molar-refractivity contribution >= 4 is 23.6 Å². The van der Waals surface area contributed by atoms with Crippen LogP contribution in [0.4, 0.5) is 0 Å². The number of carbonyl (C=O) groups is 2. The van der Waals surface area contributed by atoms with E-state index in [2.05, 4.69) is 5.32 Å². The Hall–Kier alpha value is -0.710. The zero-order valence-electron chi connectivity index (χ0n) is 7.87. The van der Waals surface area contributed by atoms with E-state index in [1.54, 1.807) is 0 Å². The van der Waals surface area contributed by atoms with Crippen LogP contribution < -0.4 is 5.32 Å². The molecular formula is C8H15NO3S. The second-order valence-electron chi connectivity index (χ2n) is 2.68. The summed E-state index contributed by atoms with van der Waals surface area (Å²) in [4.78, 5) is 21.4. The van der Waals surface area contributed by atoms with Crippen molar-refractivity contribution < 1.29 is 14.7 Å². The van der Waals surface area contributed by atoms with E-state index in [0.717, 1.165) is 12.2 Å². The van der Waals surface area contributed by atoms with Gasteiger partial charge in [0.1, 0.15) is 6.04 Å². The summed E-state index contributed by atoms with van der Waals surface area (Å²) >= 11 is 1.51. The van der Waals surface area contributed by atoms with Crippen molar-refractivity contribution in [3.63, 3.8) is 0 Å². The Kier molecular flexibility index (Phi) is 6.40. The Morgan fingerprint density at radius 3 is 2.62 bits per heavy atom. The molecular weight excluding hydrogens is 190 g/mol. The lowest BCUT2D eigenvalue weighted by molar-refractivity contribution is -0.140. The number of thioether (sulfide) groups is 1. The number of rotatable bonds is 6. The molecule has 0 rings (SSSR count). The maximum Gasteiger partial charge on any atom is 0.325 e. The molecule has 5 heteroatoms. The first-order valence-corrected chi connectivity index (χ1v) is 5.33. The van der Waals surface area contributed by atoms with Crippen molar-refractivity contribution in [3.8, 4) is 0 Å². The minimum Gasteiger partial charge on any atom is -0.480 e. The number of nitrogens with one attached hydrogen (secondary N) is 1. The third-order valence-electron chi connectivity index (χ3n) is 1.33. The van der Waals surface area contributed by atoms with Gasteiger partial charge >= 0.3 is 5.97 Å². The monoisotopic (exact) mass is 205 g/mol. The number of carboxylic acids is 1. The molecule has 1 atom stereocenters. The predicted octanol–water partition coefficient (Wildman–Crippen LogP) is 0.719. The highest BCUT2D eigenvalue weighted by molar-refractivity contribution is 7.99. The number of hydrogen-bond donors (Lipinski definition) is 2. The number of aliphatic carboxylic acids is 1. The summed E-state index contributed by atoms with van der Waals surface area (Å²) in [5.41, 5.74) is 0. The summed E-state index contributed by atoms with van der Waals surface area (Å²) in [6.07, 6.45) is 1.02. The largest absolute Gasteiger partial charge is 0.480 e. The van der Waals surface area contributed by atoms with Gasteiger partial charge in [0.15, 0.2) is 0 Å². The highest BCUT2D eigenvalue weighted by atomic mass is 32.2. The van der Waals surface area contributed by atoms with E-state index in [9.17, 15) is 9.59 Å². The molecule has 0 radical (unpaired) electrons. The Labute approximate surface area is 82.1 Å². The van der Waals surface area contributed by atoms with Gasteiger partial charge in [-0.1, -0.05) is 6.92 Å². The number of amides is 1. The molecule has 2 N–H and O–H groups in total. The molecule has 0 aromatic heterocycles. The van der Waals surface area contributed by atoms with E-state index in [0.29, 0.717) is 5.75 Å². The molecule has 0 bridgehead atoms. The summed E-state index contributed by atoms with van der Waals surface area (Å²) in [6, 6.07) is -0.797. The molecule has 0 aromatic rings. The summed E-state index contributed by atoms with van der Waals surface area (Å²) in [5, 5.41) is 10.9. The topological polar surface area (TPSA) is 66.4 Å². The van der Waals surface area contributed by atoms with Gasteiger partial charge in [-0.15, -0.1) is 0 Å². The molecule has 0 unspecified atom stereocenters. The summed E-state index contributed by atoms with van der Waals surface area (Å²) in [6.45, 7) is 3.48. The molecule has 0 fully saturated rings. The standard InChI is InChI=1S/C8H15NO3S/c1-3-4-13-5-7(10)9-6(2)8(11)12/h6H,3-5H2,1-2H3,(H,9,10)(H,11,12)/t6-/m0/s1. The van der Waals surface area contributed by atoms with Crippen LogP contribution in [0.5, 0.6) is 0 Å². The van der Waals surface area contributed by atoms with E-state index in [1.807, 2.05) is 6.92 Å². The van der Waals surface area contributed by atoms with Crippen LogP contribution in [0, 0.1) is 0 Å². The molecule has 0 aliphatic heterocycles. The smallest absolute Gasteiger partial charge is 0.325 e. The maximum absolute atomic E-state index is 11.0. The van der Waals surface area contributed by atoms with Gasteiger partial charge in [-0.3, -0.25) is 9.59 Å². The van der Waals surface area contributed by atoms with Gasteiger partial charge in [-0.25, -0.2) is 0 Å². The number of carboxylic acid groups (broad SMARTS) is 1. The number of carbonyl (C=O) groups excluding carboxylic acids is 1. The first-order chi connectivity index (χ1) is 6.07. The first-order valence-electron chi connectivity index (χ1n) is 4.17. The van der Waals surface area contributed by atoms with Gasteiger partial charge in [-0.2, -0.15) is 11.8 Å². The van der Waals surface area contributed by atoms with Gasteiger partial charge in [-0.05, 0) is 19.1 Å². The van der Waals surface area contributed by atoms with E-state index < -0.39 is 12.0 Å². The van der Waals surface area contributed by atoms with E-state index >= 15 is 0 Å². The van der Waals surface area contributed by atoms with Crippen molar-refractivity contribution in [2.75, 3.05) is 11.5 Å². The van der Waals surface area contributed by atoms with Crippen LogP contribution >= 0.6 is 11.8 Å². The Morgan fingerprint density at radius 1 is 1.54 bits per heavy atom. The van der Waals surface area contributed by atoms with Crippen LogP contribution in [0.1, 0.15) is 20.3 Å². The molecule has 0 heterocycles. The fourth-order valence-electron chi connectivity index (χ4n) is 0.654. The molecule has 0 aliphatic carbocycles. The van der Waals surface area contributed by atoms with Crippen LogP contribution in [-0.2, 0) is 9.59 Å². The minimum absolute atomic E-state index is 0.214. The summed E-state index contributed by atoms with van der Waals surface area (Å²) < 4.78 is 0. The lowest BCUT2D eigenvalue weighted by atomic mass is 10.3. The quantitative estimate of drug-likeness (QED) is 0.627. The fourth-order valence-corrected chi connectivity index (χ4v) is 1.36. The van der Waals surface area contributed by atoms with Crippen LogP contribution in [0.3, 0.4) is 0 Å². The third-order valence-corrected chi connectivity index (χ3v) is 2.49. The molecule has 13 heavy (non-hydrogen) atoms. The molecule has 76 valence electrons. The number of hydrogen-bond acceptors (Lipinski definition) is 3. The molecule has 1 amide bonds. The molecule has 0 aromatic carbocycles. The molecule has 0 saturated carbocycles. The first kappa shape index (κ1) is 12.3. The van der Waals surface area contributed by atoms with Gasteiger partial charge < -0.3 is 10.4 Å². The lowest BCUT2D eigenvalue weighted by Crippen LogP contribution is -2.39. The van der Waals surface area contributed by atoms with E-state index in [1.165, 1.54) is 18.7 Å². The predicted molar refractivity (Wildman–Crippen MR) is 52.9 cm³/mol. The van der Waals surface area contributed by atoms with Crippen molar-refractivity contribution in [1.82, 2.24) is 5.32 Å². The van der Waals surface area contributed by atoms with Crippen molar-refractivity contribution in [2.45, 2.75) is 26.3 Å². The zero-order valence-corrected chi connectivity index (χ0v) is 8.69. The molecule has 0 aliphatic rings. The van der Waals surface area contributed by atoms with Gasteiger partial charge in [0.25, 0.3) is 0 Å². The average Bonchev–Trinajstić information content (AvgIpc) is 2.04. The van der Waals surface area contributed by atoms with E-state index in [4.69, 9.17) is 5.11 Å². The normalized spacial score (nSPS) is 12.2. The second-order valence-corrected chi connectivity index (χ2v) is 3.79. The van der Waals surface area contributed by atoms with Crippen molar-refractivity contribution in [3.05, 3.63) is 0 Å². The summed E-state index contributed by atoms with van der Waals surface area (Å²) in [5.74, 6) is 0.0440. The highest BCUT2D eigenvalue weighted by Gasteiger charge is 2.12. The highest BCUT2D eigenvalue weighted by Crippen LogP contribution is 2.00. The van der Waals surface area contributed by atoms with Gasteiger partial charge in [0, 0.05) is 0 Å². The molecule has 0 saturated heterocycles. The van der Waals surface area contributed by atoms with Gasteiger partial charge in [0.05, 0.1) is 5.75 Å². The second kappa shape index (κ2) is 6.77.